The molecule has 0 N–H and O–H groups in total. The van der Waals surface area contributed by atoms with Crippen molar-refractivity contribution in [2.45, 2.75) is 6.92 Å². The number of hydrogen-bond acceptors (Lipinski definition) is 3. The standard InChI is InChI=1S/C19H19BrN2O2/c1-14(23)16-3-2-4-18(13-16)21-9-11-22(12-10-21)19(24)15-5-7-17(20)8-6-15/h2-8,13H,9-12H2,1H3. The summed E-state index contributed by atoms with van der Waals surface area (Å²) < 4.78 is 0.967. The minimum Gasteiger partial charge on any atom is -0.368 e. The average Bonchev–Trinajstić information content (AvgIpc) is 2.62. The Bertz CT molecular complexity index is 750. The average molecular weight is 387 g/mol. The molecular weight excluding hydrogens is 368 g/mol. The molecule has 0 unspecified atom stereocenters. The van der Waals surface area contributed by atoms with Gasteiger partial charge in [0.15, 0.2) is 5.78 Å². The van der Waals surface area contributed by atoms with E-state index in [-0.39, 0.29) is 11.7 Å². The minimum atomic E-state index is 0.0691. The number of halogens is 1. The lowest BCUT2D eigenvalue weighted by Crippen LogP contribution is -2.48. The SMILES string of the molecule is CC(=O)c1cccc(N2CCN(C(=O)c3ccc(Br)cc3)CC2)c1. The van der Waals surface area contributed by atoms with Crippen LogP contribution in [-0.2, 0) is 0 Å². The molecule has 0 aliphatic carbocycles. The molecule has 0 saturated carbocycles. The molecule has 3 rings (SSSR count). The predicted molar refractivity (Wildman–Crippen MR) is 98.7 cm³/mol. The number of Topliss-reactive ketones (excluding diaryl/α,β-unsaturated/α-hetero) is 1. The topological polar surface area (TPSA) is 40.6 Å². The van der Waals surface area contributed by atoms with Crippen molar-refractivity contribution in [3.05, 3.63) is 64.1 Å². The lowest BCUT2D eigenvalue weighted by atomic mass is 10.1. The maximum Gasteiger partial charge on any atom is 0.253 e. The minimum absolute atomic E-state index is 0.0691. The van der Waals surface area contributed by atoms with Gasteiger partial charge >= 0.3 is 0 Å². The number of benzene rings is 2. The first-order chi connectivity index (χ1) is 11.5. The number of anilines is 1. The predicted octanol–water partition coefficient (Wildman–Crippen LogP) is 3.61. The Morgan fingerprint density at radius 3 is 2.21 bits per heavy atom. The second kappa shape index (κ2) is 7.18. The van der Waals surface area contributed by atoms with E-state index in [1.807, 2.05) is 53.4 Å². The summed E-state index contributed by atoms with van der Waals surface area (Å²) in [5.74, 6) is 0.139. The van der Waals surface area contributed by atoms with Gasteiger partial charge in [-0.1, -0.05) is 28.1 Å². The summed E-state index contributed by atoms with van der Waals surface area (Å²) in [7, 11) is 0. The summed E-state index contributed by atoms with van der Waals surface area (Å²) in [6.45, 7) is 4.47. The molecule has 2 aromatic carbocycles. The highest BCUT2D eigenvalue weighted by molar-refractivity contribution is 9.10. The maximum absolute atomic E-state index is 12.5. The molecule has 0 bridgehead atoms. The molecule has 0 radical (unpaired) electrons. The molecule has 1 saturated heterocycles. The van der Waals surface area contributed by atoms with Crippen LogP contribution in [-0.4, -0.2) is 42.8 Å². The van der Waals surface area contributed by atoms with E-state index in [1.54, 1.807) is 6.92 Å². The fraction of sp³-hybridized carbons (Fsp3) is 0.263. The van der Waals surface area contributed by atoms with Crippen LogP contribution in [0.4, 0.5) is 5.69 Å². The first kappa shape index (κ1) is 16.7. The normalized spacial score (nSPS) is 14.6. The summed E-state index contributed by atoms with van der Waals surface area (Å²) in [5, 5.41) is 0. The molecule has 0 aromatic heterocycles. The van der Waals surface area contributed by atoms with Crippen molar-refractivity contribution in [3.8, 4) is 0 Å². The summed E-state index contributed by atoms with van der Waals surface area (Å²) in [6, 6.07) is 15.1. The second-order valence-electron chi connectivity index (χ2n) is 5.89. The Hall–Kier alpha value is -2.14. The van der Waals surface area contributed by atoms with Gasteiger partial charge in [-0.15, -0.1) is 0 Å². The van der Waals surface area contributed by atoms with Crippen LogP contribution in [0.1, 0.15) is 27.6 Å². The van der Waals surface area contributed by atoms with E-state index in [4.69, 9.17) is 0 Å². The van der Waals surface area contributed by atoms with Gasteiger partial charge in [-0.25, -0.2) is 0 Å². The van der Waals surface area contributed by atoms with Gasteiger partial charge in [0.2, 0.25) is 0 Å². The number of piperazine rings is 1. The third kappa shape index (κ3) is 3.67. The van der Waals surface area contributed by atoms with Crippen LogP contribution in [0.5, 0.6) is 0 Å². The quantitative estimate of drug-likeness (QED) is 0.756. The van der Waals surface area contributed by atoms with Crippen LogP contribution >= 0.6 is 15.9 Å². The number of amides is 1. The summed E-state index contributed by atoms with van der Waals surface area (Å²) >= 11 is 3.38. The van der Waals surface area contributed by atoms with Gasteiger partial charge in [0, 0.05) is 47.5 Å². The highest BCUT2D eigenvalue weighted by Gasteiger charge is 2.22. The Morgan fingerprint density at radius 1 is 0.917 bits per heavy atom. The Morgan fingerprint density at radius 2 is 1.58 bits per heavy atom. The molecule has 124 valence electrons. The van der Waals surface area contributed by atoms with Gasteiger partial charge in [-0.2, -0.15) is 0 Å². The van der Waals surface area contributed by atoms with Crippen molar-refractivity contribution in [2.75, 3.05) is 31.1 Å². The number of hydrogen-bond donors (Lipinski definition) is 0. The van der Waals surface area contributed by atoms with Crippen molar-refractivity contribution in [1.82, 2.24) is 4.90 Å². The third-order valence-corrected chi connectivity index (χ3v) is 4.80. The van der Waals surface area contributed by atoms with Gasteiger partial charge in [-0.3, -0.25) is 9.59 Å². The summed E-state index contributed by atoms with van der Waals surface area (Å²) in [4.78, 5) is 28.2. The summed E-state index contributed by atoms with van der Waals surface area (Å²) in [5.41, 5.74) is 2.48. The number of nitrogens with zero attached hydrogens (tertiary/aromatic N) is 2. The van der Waals surface area contributed by atoms with Crippen LogP contribution < -0.4 is 4.90 Å². The first-order valence-electron chi connectivity index (χ1n) is 7.95. The van der Waals surface area contributed by atoms with E-state index >= 15 is 0 Å². The molecule has 1 aliphatic rings. The van der Waals surface area contributed by atoms with Crippen molar-refractivity contribution in [3.63, 3.8) is 0 Å². The Labute approximate surface area is 150 Å². The lowest BCUT2D eigenvalue weighted by Gasteiger charge is -2.36. The van der Waals surface area contributed by atoms with E-state index in [9.17, 15) is 9.59 Å². The van der Waals surface area contributed by atoms with E-state index < -0.39 is 0 Å². The van der Waals surface area contributed by atoms with E-state index in [1.165, 1.54) is 0 Å². The number of rotatable bonds is 3. The van der Waals surface area contributed by atoms with Gasteiger partial charge in [-0.05, 0) is 43.3 Å². The zero-order valence-corrected chi connectivity index (χ0v) is 15.1. The van der Waals surface area contributed by atoms with Crippen LogP contribution in [0.15, 0.2) is 53.0 Å². The maximum atomic E-state index is 12.5. The first-order valence-corrected chi connectivity index (χ1v) is 8.75. The zero-order valence-electron chi connectivity index (χ0n) is 13.5. The molecule has 0 spiro atoms. The number of carbonyl (C=O) groups is 2. The molecule has 1 amide bonds. The molecule has 1 heterocycles. The highest BCUT2D eigenvalue weighted by Crippen LogP contribution is 2.20. The van der Waals surface area contributed by atoms with E-state index in [0.717, 1.165) is 28.8 Å². The number of ketones is 1. The van der Waals surface area contributed by atoms with E-state index in [0.29, 0.717) is 18.7 Å². The van der Waals surface area contributed by atoms with Gasteiger partial charge in [0.05, 0.1) is 0 Å². The van der Waals surface area contributed by atoms with Gasteiger partial charge < -0.3 is 9.80 Å². The molecule has 24 heavy (non-hydrogen) atoms. The zero-order chi connectivity index (χ0) is 17.1. The highest BCUT2D eigenvalue weighted by atomic mass is 79.9. The molecule has 5 heteroatoms. The Kier molecular flexibility index (Phi) is 5.00. The molecule has 1 fully saturated rings. The van der Waals surface area contributed by atoms with E-state index in [2.05, 4.69) is 20.8 Å². The van der Waals surface area contributed by atoms with Crippen LogP contribution in [0.3, 0.4) is 0 Å². The van der Waals surface area contributed by atoms with Crippen molar-refractivity contribution in [2.24, 2.45) is 0 Å². The fourth-order valence-corrected chi connectivity index (χ4v) is 3.13. The largest absolute Gasteiger partial charge is 0.368 e. The van der Waals surface area contributed by atoms with Crippen LogP contribution in [0.2, 0.25) is 0 Å². The summed E-state index contributed by atoms with van der Waals surface area (Å²) in [6.07, 6.45) is 0. The Balaban J connectivity index is 1.65. The smallest absolute Gasteiger partial charge is 0.253 e. The fourth-order valence-electron chi connectivity index (χ4n) is 2.86. The van der Waals surface area contributed by atoms with Crippen LogP contribution in [0, 0.1) is 0 Å². The van der Waals surface area contributed by atoms with Gasteiger partial charge in [0.1, 0.15) is 0 Å². The molecule has 1 aliphatic heterocycles. The molecule has 2 aromatic rings. The van der Waals surface area contributed by atoms with Crippen LogP contribution in [0.25, 0.3) is 0 Å². The van der Waals surface area contributed by atoms with Crippen molar-refractivity contribution >= 4 is 33.3 Å². The molecule has 4 nitrogen and oxygen atoms in total. The molecule has 0 atom stereocenters. The van der Waals surface area contributed by atoms with Gasteiger partial charge in [0.25, 0.3) is 5.91 Å². The van der Waals surface area contributed by atoms with Crippen molar-refractivity contribution in [1.29, 1.82) is 0 Å². The number of carbonyl (C=O) groups excluding carboxylic acids is 2. The lowest BCUT2D eigenvalue weighted by molar-refractivity contribution is 0.0746. The second-order valence-corrected chi connectivity index (χ2v) is 6.81. The molecular formula is C19H19BrN2O2. The van der Waals surface area contributed by atoms with Crippen molar-refractivity contribution < 1.29 is 9.59 Å². The monoisotopic (exact) mass is 386 g/mol. The third-order valence-electron chi connectivity index (χ3n) is 4.28.